The van der Waals surface area contributed by atoms with Crippen molar-refractivity contribution in [3.8, 4) is 5.75 Å². The molecule has 0 aromatic heterocycles. The molecule has 1 saturated heterocycles. The molecule has 1 fully saturated rings. The first-order chi connectivity index (χ1) is 15.9. The molecule has 2 aliphatic rings. The summed E-state index contributed by atoms with van der Waals surface area (Å²) in [6, 6.07) is 15.4. The number of halogens is 3. The van der Waals surface area contributed by atoms with E-state index in [1.54, 1.807) is 23.9 Å². The fourth-order valence-electron chi connectivity index (χ4n) is 4.61. The fraction of sp³-hybridized carbons (Fsp3) is 0.346. The zero-order valence-corrected chi connectivity index (χ0v) is 18.8. The highest BCUT2D eigenvalue weighted by atomic mass is 32.2. The van der Waals surface area contributed by atoms with Gasteiger partial charge in [-0.2, -0.15) is 13.2 Å². The molecule has 33 heavy (non-hydrogen) atoms. The first-order valence-electron chi connectivity index (χ1n) is 11.1. The molecule has 5 rings (SSSR count). The highest BCUT2D eigenvalue weighted by Crippen LogP contribution is 2.37. The molecule has 0 bridgehead atoms. The van der Waals surface area contributed by atoms with Crippen LogP contribution in [0, 0.1) is 0 Å². The van der Waals surface area contributed by atoms with Crippen LogP contribution in [0.3, 0.4) is 0 Å². The van der Waals surface area contributed by atoms with E-state index in [1.807, 2.05) is 24.3 Å². The van der Waals surface area contributed by atoms with Crippen molar-refractivity contribution in [2.24, 2.45) is 0 Å². The van der Waals surface area contributed by atoms with Crippen LogP contribution in [-0.2, 0) is 6.18 Å². The summed E-state index contributed by atoms with van der Waals surface area (Å²) in [5, 5.41) is 2.10. The van der Waals surface area contributed by atoms with Crippen LogP contribution >= 0.6 is 11.8 Å². The Morgan fingerprint density at radius 3 is 2.67 bits per heavy atom. The minimum Gasteiger partial charge on any atom is -0.492 e. The Kier molecular flexibility index (Phi) is 6.10. The molecule has 0 spiro atoms. The van der Waals surface area contributed by atoms with Crippen molar-refractivity contribution in [2.45, 2.75) is 29.8 Å². The average molecular weight is 472 g/mol. The van der Waals surface area contributed by atoms with E-state index in [-0.39, 0.29) is 11.7 Å². The summed E-state index contributed by atoms with van der Waals surface area (Å²) in [6.07, 6.45) is -3.00. The quantitative estimate of drug-likeness (QED) is 0.403. The van der Waals surface area contributed by atoms with E-state index in [0.717, 1.165) is 64.4 Å². The summed E-state index contributed by atoms with van der Waals surface area (Å²) in [5.74, 6) is 2.13. The highest BCUT2D eigenvalue weighted by Gasteiger charge is 2.31. The van der Waals surface area contributed by atoms with Gasteiger partial charge in [0.25, 0.3) is 0 Å². The van der Waals surface area contributed by atoms with Crippen molar-refractivity contribution in [2.75, 3.05) is 32.0 Å². The zero-order valence-electron chi connectivity index (χ0n) is 18.0. The second kappa shape index (κ2) is 9.03. The Labute approximate surface area is 194 Å². The van der Waals surface area contributed by atoms with Gasteiger partial charge in [0, 0.05) is 30.8 Å². The molecule has 0 saturated carbocycles. The Morgan fingerprint density at radius 2 is 1.88 bits per heavy atom. The third-order valence-corrected chi connectivity index (χ3v) is 7.46. The number of hydrogen-bond acceptors (Lipinski definition) is 4. The van der Waals surface area contributed by atoms with Gasteiger partial charge in [0.05, 0.1) is 17.1 Å². The first kappa shape index (κ1) is 22.3. The minimum atomic E-state index is -4.31. The SMILES string of the molecule is O=C(CCN1CCC(c2ccc(C(F)(F)F)cc2)C1)c1ccc2cc3c(cc2c1)OCCS3. The number of carbonyl (C=O) groups excluding carboxylic acids is 1. The molecule has 0 amide bonds. The predicted octanol–water partition coefficient (Wildman–Crippen LogP) is 6.41. The standard InChI is InChI=1S/C26H24F3NO2S/c27-26(28,29)22-5-3-17(4-6-22)20-7-9-30(16-20)10-8-23(31)19-2-1-18-15-25-24(14-21(18)13-19)32-11-12-33-25/h1-6,13-15,20H,7-12,16H2. The number of Topliss-reactive ketones (excluding diaryl/α,β-unsaturated/α-hetero) is 1. The Bertz CT molecular complexity index is 1180. The second-order valence-electron chi connectivity index (χ2n) is 8.64. The Morgan fingerprint density at radius 1 is 1.06 bits per heavy atom. The van der Waals surface area contributed by atoms with Gasteiger partial charge < -0.3 is 9.64 Å². The molecule has 0 aliphatic carbocycles. The molecule has 7 heteroatoms. The molecule has 1 unspecified atom stereocenters. The Hall–Kier alpha value is -2.51. The number of thioether (sulfide) groups is 1. The molecule has 1 atom stereocenters. The van der Waals surface area contributed by atoms with Gasteiger partial charge >= 0.3 is 6.18 Å². The number of likely N-dealkylation sites (tertiary alicyclic amines) is 1. The van der Waals surface area contributed by atoms with Crippen molar-refractivity contribution in [1.82, 2.24) is 4.90 Å². The topological polar surface area (TPSA) is 29.5 Å². The first-order valence-corrected chi connectivity index (χ1v) is 12.1. The fourth-order valence-corrected chi connectivity index (χ4v) is 5.47. The number of carbonyl (C=O) groups is 1. The van der Waals surface area contributed by atoms with Gasteiger partial charge in [-0.05, 0) is 65.6 Å². The average Bonchev–Trinajstić information content (AvgIpc) is 3.29. The maximum absolute atomic E-state index is 12.8. The molecule has 2 aliphatic heterocycles. The maximum Gasteiger partial charge on any atom is 0.416 e. The second-order valence-corrected chi connectivity index (χ2v) is 9.77. The van der Waals surface area contributed by atoms with Gasteiger partial charge in [0.2, 0.25) is 0 Å². The number of alkyl halides is 3. The lowest BCUT2D eigenvalue weighted by Gasteiger charge is -2.18. The van der Waals surface area contributed by atoms with Gasteiger partial charge in [-0.3, -0.25) is 4.79 Å². The zero-order chi connectivity index (χ0) is 23.0. The lowest BCUT2D eigenvalue weighted by Crippen LogP contribution is -2.23. The molecule has 172 valence electrons. The lowest BCUT2D eigenvalue weighted by atomic mass is 9.97. The van der Waals surface area contributed by atoms with Gasteiger partial charge in [0.15, 0.2) is 5.78 Å². The van der Waals surface area contributed by atoms with Crippen molar-refractivity contribution in [3.05, 3.63) is 71.3 Å². The van der Waals surface area contributed by atoms with E-state index in [4.69, 9.17) is 4.74 Å². The van der Waals surface area contributed by atoms with Crippen molar-refractivity contribution in [3.63, 3.8) is 0 Å². The third kappa shape index (κ3) is 4.89. The van der Waals surface area contributed by atoms with Crippen LogP contribution in [0.1, 0.15) is 40.2 Å². The number of ketones is 1. The molecule has 2 heterocycles. The van der Waals surface area contributed by atoms with Gasteiger partial charge in [-0.15, -0.1) is 11.8 Å². The minimum absolute atomic E-state index is 0.0999. The number of hydrogen-bond donors (Lipinski definition) is 0. The smallest absolute Gasteiger partial charge is 0.416 e. The van der Waals surface area contributed by atoms with E-state index < -0.39 is 11.7 Å². The monoisotopic (exact) mass is 471 g/mol. The van der Waals surface area contributed by atoms with Crippen LogP contribution in [0.15, 0.2) is 59.5 Å². The summed E-state index contributed by atoms with van der Waals surface area (Å²) >= 11 is 1.79. The van der Waals surface area contributed by atoms with E-state index in [9.17, 15) is 18.0 Å². The van der Waals surface area contributed by atoms with E-state index in [0.29, 0.717) is 25.1 Å². The lowest BCUT2D eigenvalue weighted by molar-refractivity contribution is -0.137. The molecular weight excluding hydrogens is 447 g/mol. The number of fused-ring (bicyclic) bond motifs is 2. The van der Waals surface area contributed by atoms with Crippen LogP contribution in [0.4, 0.5) is 13.2 Å². The highest BCUT2D eigenvalue weighted by molar-refractivity contribution is 7.99. The van der Waals surface area contributed by atoms with E-state index in [1.165, 1.54) is 0 Å². The summed E-state index contributed by atoms with van der Waals surface area (Å²) in [5.41, 5.74) is 1.01. The number of nitrogens with zero attached hydrogens (tertiary/aromatic N) is 1. The molecule has 3 aromatic rings. The normalized spacial score (nSPS) is 18.8. The van der Waals surface area contributed by atoms with E-state index >= 15 is 0 Å². The molecule has 0 radical (unpaired) electrons. The van der Waals surface area contributed by atoms with Gasteiger partial charge in [-0.1, -0.05) is 24.3 Å². The van der Waals surface area contributed by atoms with Gasteiger partial charge in [-0.25, -0.2) is 0 Å². The van der Waals surface area contributed by atoms with Crippen molar-refractivity contribution < 1.29 is 22.7 Å². The predicted molar refractivity (Wildman–Crippen MR) is 124 cm³/mol. The Balaban J connectivity index is 1.19. The van der Waals surface area contributed by atoms with Crippen LogP contribution in [-0.4, -0.2) is 42.7 Å². The molecular formula is C26H24F3NO2S. The number of rotatable bonds is 5. The summed E-state index contributed by atoms with van der Waals surface area (Å²) in [4.78, 5) is 16.2. The number of ether oxygens (including phenoxy) is 1. The largest absolute Gasteiger partial charge is 0.492 e. The maximum atomic E-state index is 12.8. The third-order valence-electron chi connectivity index (χ3n) is 6.46. The summed E-state index contributed by atoms with van der Waals surface area (Å²) < 4.78 is 44.1. The van der Waals surface area contributed by atoms with Gasteiger partial charge in [0.1, 0.15) is 5.75 Å². The van der Waals surface area contributed by atoms with Crippen molar-refractivity contribution in [1.29, 1.82) is 0 Å². The van der Waals surface area contributed by atoms with Crippen LogP contribution in [0.2, 0.25) is 0 Å². The molecule has 0 N–H and O–H groups in total. The molecule has 3 aromatic carbocycles. The summed E-state index contributed by atoms with van der Waals surface area (Å²) in [6.45, 7) is 2.96. The van der Waals surface area contributed by atoms with Crippen LogP contribution < -0.4 is 4.74 Å². The van der Waals surface area contributed by atoms with Crippen LogP contribution in [0.25, 0.3) is 10.8 Å². The summed E-state index contributed by atoms with van der Waals surface area (Å²) in [7, 11) is 0. The van der Waals surface area contributed by atoms with Crippen LogP contribution in [0.5, 0.6) is 5.75 Å². The molecule has 3 nitrogen and oxygen atoms in total. The van der Waals surface area contributed by atoms with Crippen molar-refractivity contribution >= 4 is 28.3 Å². The van der Waals surface area contributed by atoms with E-state index in [2.05, 4.69) is 11.0 Å². The number of benzene rings is 3.